The molecule has 3 rings (SSSR count). The maximum absolute atomic E-state index is 12.6. The van der Waals surface area contributed by atoms with Gasteiger partial charge in [-0.25, -0.2) is 0 Å². The normalized spacial score (nSPS) is 10.6. The van der Waals surface area contributed by atoms with E-state index in [1.165, 1.54) is 5.56 Å². The van der Waals surface area contributed by atoms with Gasteiger partial charge in [-0.05, 0) is 25.8 Å². The average molecular weight is 320 g/mol. The highest BCUT2D eigenvalue weighted by Gasteiger charge is 2.21. The van der Waals surface area contributed by atoms with E-state index < -0.39 is 0 Å². The summed E-state index contributed by atoms with van der Waals surface area (Å²) in [4.78, 5) is 12.6. The minimum Gasteiger partial charge on any atom is -0.355 e. The number of rotatable bonds is 5. The lowest BCUT2D eigenvalue weighted by Crippen LogP contribution is -2.26. The Balaban J connectivity index is 1.73. The van der Waals surface area contributed by atoms with Crippen molar-refractivity contribution in [3.8, 4) is 11.3 Å². The van der Waals surface area contributed by atoms with Crippen molar-refractivity contribution in [1.82, 2.24) is 10.5 Å². The van der Waals surface area contributed by atoms with Crippen LogP contribution in [0.15, 0.2) is 59.1 Å². The quantitative estimate of drug-likeness (QED) is 0.775. The van der Waals surface area contributed by atoms with Gasteiger partial charge in [0.15, 0.2) is 5.76 Å². The van der Waals surface area contributed by atoms with Crippen molar-refractivity contribution < 1.29 is 9.32 Å². The van der Waals surface area contributed by atoms with E-state index in [1.807, 2.05) is 49.4 Å². The zero-order valence-electron chi connectivity index (χ0n) is 13.9. The summed E-state index contributed by atoms with van der Waals surface area (Å²) >= 11 is 0. The summed E-state index contributed by atoms with van der Waals surface area (Å²) < 4.78 is 5.40. The summed E-state index contributed by atoms with van der Waals surface area (Å²) in [5.74, 6) is 0.366. The molecule has 0 radical (unpaired) electrons. The van der Waals surface area contributed by atoms with Crippen molar-refractivity contribution in [1.29, 1.82) is 0 Å². The maximum atomic E-state index is 12.6. The molecule has 1 amide bonds. The Kier molecular flexibility index (Phi) is 4.75. The molecule has 0 unspecified atom stereocenters. The van der Waals surface area contributed by atoms with Crippen molar-refractivity contribution in [2.24, 2.45) is 0 Å². The van der Waals surface area contributed by atoms with Gasteiger partial charge in [-0.15, -0.1) is 0 Å². The smallest absolute Gasteiger partial charge is 0.257 e. The maximum Gasteiger partial charge on any atom is 0.257 e. The number of nitrogens with zero attached hydrogens (tertiary/aromatic N) is 1. The molecule has 0 bridgehead atoms. The molecule has 0 atom stereocenters. The van der Waals surface area contributed by atoms with Crippen LogP contribution in [0.2, 0.25) is 0 Å². The van der Waals surface area contributed by atoms with Gasteiger partial charge in [0, 0.05) is 12.1 Å². The van der Waals surface area contributed by atoms with Gasteiger partial charge in [0.2, 0.25) is 0 Å². The summed E-state index contributed by atoms with van der Waals surface area (Å²) in [6, 6.07) is 17.9. The highest BCUT2D eigenvalue weighted by Crippen LogP contribution is 2.26. The molecular weight excluding hydrogens is 300 g/mol. The molecule has 0 saturated carbocycles. The van der Waals surface area contributed by atoms with Crippen LogP contribution in [0, 0.1) is 13.8 Å². The molecule has 4 nitrogen and oxygen atoms in total. The monoisotopic (exact) mass is 320 g/mol. The number of amides is 1. The summed E-state index contributed by atoms with van der Waals surface area (Å²) in [6.45, 7) is 4.38. The number of hydrogen-bond acceptors (Lipinski definition) is 3. The molecule has 0 saturated heterocycles. The third-order valence-electron chi connectivity index (χ3n) is 3.95. The van der Waals surface area contributed by atoms with Gasteiger partial charge in [0.25, 0.3) is 5.91 Å². The molecule has 1 N–H and O–H groups in total. The molecule has 1 aromatic heterocycles. The van der Waals surface area contributed by atoms with E-state index in [-0.39, 0.29) is 5.91 Å². The van der Waals surface area contributed by atoms with Crippen LogP contribution in [0.4, 0.5) is 0 Å². The third-order valence-corrected chi connectivity index (χ3v) is 3.95. The molecule has 2 aromatic carbocycles. The molecule has 0 spiro atoms. The summed E-state index contributed by atoms with van der Waals surface area (Å²) in [5.41, 5.74) is 4.31. The molecule has 24 heavy (non-hydrogen) atoms. The number of carbonyl (C=O) groups is 1. The predicted octanol–water partition coefficient (Wildman–Crippen LogP) is 3.93. The Hall–Kier alpha value is -2.88. The Bertz CT molecular complexity index is 821. The number of aromatic nitrogens is 1. The largest absolute Gasteiger partial charge is 0.355 e. The van der Waals surface area contributed by atoms with Gasteiger partial charge in [-0.2, -0.15) is 0 Å². The Morgan fingerprint density at radius 2 is 1.75 bits per heavy atom. The highest BCUT2D eigenvalue weighted by atomic mass is 16.5. The van der Waals surface area contributed by atoms with Crippen LogP contribution in [0.3, 0.4) is 0 Å². The minimum absolute atomic E-state index is 0.153. The zero-order chi connectivity index (χ0) is 16.9. The molecule has 3 aromatic rings. The molecule has 0 aliphatic carbocycles. The first-order valence-electron chi connectivity index (χ1n) is 8.00. The fourth-order valence-electron chi connectivity index (χ4n) is 2.59. The molecule has 4 heteroatoms. The number of nitrogens with one attached hydrogen (secondary N) is 1. The number of hydrogen-bond donors (Lipinski definition) is 1. The number of benzene rings is 2. The van der Waals surface area contributed by atoms with E-state index in [4.69, 9.17) is 4.52 Å². The second-order valence-electron chi connectivity index (χ2n) is 5.83. The third kappa shape index (κ3) is 3.54. The lowest BCUT2D eigenvalue weighted by atomic mass is 10.0. The second-order valence-corrected chi connectivity index (χ2v) is 5.83. The molecule has 122 valence electrons. The number of carbonyl (C=O) groups excluding carboxylic acids is 1. The highest BCUT2D eigenvalue weighted by molar-refractivity contribution is 6.00. The topological polar surface area (TPSA) is 55.1 Å². The van der Waals surface area contributed by atoms with Crippen LogP contribution in [-0.4, -0.2) is 17.6 Å². The van der Waals surface area contributed by atoms with Gasteiger partial charge in [0.1, 0.15) is 5.56 Å². The van der Waals surface area contributed by atoms with Crippen molar-refractivity contribution in [3.63, 3.8) is 0 Å². The van der Waals surface area contributed by atoms with Gasteiger partial charge in [-0.3, -0.25) is 4.79 Å². The first-order valence-corrected chi connectivity index (χ1v) is 8.00. The molecule has 0 aliphatic heterocycles. The van der Waals surface area contributed by atoms with E-state index in [9.17, 15) is 4.79 Å². The van der Waals surface area contributed by atoms with Gasteiger partial charge in [0.05, 0.1) is 5.69 Å². The van der Waals surface area contributed by atoms with Crippen LogP contribution in [0.1, 0.15) is 27.2 Å². The Morgan fingerprint density at radius 1 is 1.04 bits per heavy atom. The van der Waals surface area contributed by atoms with Crippen LogP contribution < -0.4 is 5.32 Å². The van der Waals surface area contributed by atoms with Gasteiger partial charge < -0.3 is 9.84 Å². The van der Waals surface area contributed by atoms with Crippen molar-refractivity contribution in [2.75, 3.05) is 6.54 Å². The minimum atomic E-state index is -0.153. The lowest BCUT2D eigenvalue weighted by molar-refractivity contribution is 0.0954. The van der Waals surface area contributed by atoms with Crippen molar-refractivity contribution in [3.05, 3.63) is 77.0 Å². The van der Waals surface area contributed by atoms with Crippen LogP contribution in [0.5, 0.6) is 0 Å². The van der Waals surface area contributed by atoms with Crippen LogP contribution in [0.25, 0.3) is 11.3 Å². The van der Waals surface area contributed by atoms with Crippen molar-refractivity contribution >= 4 is 5.91 Å². The lowest BCUT2D eigenvalue weighted by Gasteiger charge is -2.06. The molecular formula is C20H20N2O2. The summed E-state index contributed by atoms with van der Waals surface area (Å²) in [7, 11) is 0. The Labute approximate surface area is 141 Å². The standard InChI is InChI=1S/C20H20N2O2/c1-14-8-10-17(11-9-14)19-18(15(2)22-24-19)20(23)21-13-12-16-6-4-3-5-7-16/h3-11H,12-13H2,1-2H3,(H,21,23). The fourth-order valence-corrected chi connectivity index (χ4v) is 2.59. The molecule has 0 fully saturated rings. The van der Waals surface area contributed by atoms with Crippen LogP contribution >= 0.6 is 0 Å². The van der Waals surface area contributed by atoms with E-state index in [0.717, 1.165) is 17.5 Å². The van der Waals surface area contributed by atoms with Gasteiger partial charge >= 0.3 is 0 Å². The zero-order valence-corrected chi connectivity index (χ0v) is 13.9. The molecule has 1 heterocycles. The summed E-state index contributed by atoms with van der Waals surface area (Å²) in [6.07, 6.45) is 0.788. The first-order chi connectivity index (χ1) is 11.6. The van der Waals surface area contributed by atoms with E-state index >= 15 is 0 Å². The average Bonchev–Trinajstić information content (AvgIpc) is 2.98. The van der Waals surface area contributed by atoms with Gasteiger partial charge in [-0.1, -0.05) is 65.3 Å². The second kappa shape index (κ2) is 7.13. The summed E-state index contributed by atoms with van der Waals surface area (Å²) in [5, 5.41) is 6.92. The number of aryl methyl sites for hydroxylation is 2. The van der Waals surface area contributed by atoms with Crippen molar-refractivity contribution in [2.45, 2.75) is 20.3 Å². The SMILES string of the molecule is Cc1ccc(-c2onc(C)c2C(=O)NCCc2ccccc2)cc1. The fraction of sp³-hybridized carbons (Fsp3) is 0.200. The first kappa shape index (κ1) is 16.0. The van der Waals surface area contributed by atoms with Crippen LogP contribution in [-0.2, 0) is 6.42 Å². The van der Waals surface area contributed by atoms with E-state index in [2.05, 4.69) is 22.6 Å². The molecule has 0 aliphatic rings. The predicted molar refractivity (Wildman–Crippen MR) is 93.9 cm³/mol. The van der Waals surface area contributed by atoms with E-state index in [1.54, 1.807) is 6.92 Å². The Morgan fingerprint density at radius 3 is 2.46 bits per heavy atom. The van der Waals surface area contributed by atoms with E-state index in [0.29, 0.717) is 23.6 Å².